The third kappa shape index (κ3) is 41.7. The minimum absolute atomic E-state index is 0.500. The molecule has 68 valence electrons. The molecule has 0 saturated heterocycles. The van der Waals surface area contributed by atoms with Crippen LogP contribution in [-0.2, 0) is 0 Å². The van der Waals surface area contributed by atoms with Gasteiger partial charge in [-0.2, -0.15) is 0 Å². The summed E-state index contributed by atoms with van der Waals surface area (Å²) < 4.78 is 0. The van der Waals surface area contributed by atoms with Gasteiger partial charge in [0.2, 0.25) is 0 Å². The molecule has 0 heterocycles. The van der Waals surface area contributed by atoms with Gasteiger partial charge in [-0.05, 0) is 33.1 Å². The van der Waals surface area contributed by atoms with Gasteiger partial charge < -0.3 is 0 Å². The van der Waals surface area contributed by atoms with Crippen LogP contribution in [0.5, 0.6) is 0 Å². The van der Waals surface area contributed by atoms with E-state index in [9.17, 15) is 0 Å². The zero-order valence-corrected chi connectivity index (χ0v) is 9.50. The van der Waals surface area contributed by atoms with Gasteiger partial charge in [-0.15, -0.1) is 0 Å². The second kappa shape index (κ2) is 5.40. The molecule has 0 aliphatic heterocycles. The van der Waals surface area contributed by atoms with E-state index in [0.717, 1.165) is 0 Å². The molecule has 0 aromatic rings. The van der Waals surface area contributed by atoms with Crippen LogP contribution in [0.2, 0.25) is 0 Å². The standard InChI is InChI=1S/C6H12.C5H12/c1-5(2)6(3)4;1-5(2,3)4/h1-4H3;1-4H3. The zero-order chi connectivity index (χ0) is 9.65. The third-order valence-corrected chi connectivity index (χ3v) is 1.00. The third-order valence-electron chi connectivity index (χ3n) is 1.00. The van der Waals surface area contributed by atoms with E-state index in [1.54, 1.807) is 0 Å². The molecule has 0 aromatic carbocycles. The maximum atomic E-state index is 2.19. The zero-order valence-electron chi connectivity index (χ0n) is 9.50. The first-order valence-electron chi connectivity index (χ1n) is 4.25. The molecule has 0 aromatic heterocycles. The Balaban J connectivity index is 0. The minimum Gasteiger partial charge on any atom is -0.0778 e. The first-order chi connectivity index (χ1) is 4.64. The summed E-state index contributed by atoms with van der Waals surface area (Å²) in [6.07, 6.45) is 0. The molecule has 0 atom stereocenters. The van der Waals surface area contributed by atoms with Crippen LogP contribution in [0.3, 0.4) is 0 Å². The molecule has 0 rings (SSSR count). The van der Waals surface area contributed by atoms with Crippen molar-refractivity contribution in [3.8, 4) is 0 Å². The monoisotopic (exact) mass is 156 g/mol. The molecule has 0 bridgehead atoms. The van der Waals surface area contributed by atoms with Gasteiger partial charge in [-0.1, -0.05) is 38.8 Å². The van der Waals surface area contributed by atoms with E-state index in [1.807, 2.05) is 0 Å². The van der Waals surface area contributed by atoms with Crippen molar-refractivity contribution in [3.63, 3.8) is 0 Å². The maximum Gasteiger partial charge on any atom is -0.0411 e. The molecule has 11 heavy (non-hydrogen) atoms. The Morgan fingerprint density at radius 3 is 0.727 bits per heavy atom. The summed E-state index contributed by atoms with van der Waals surface area (Å²) in [5.41, 5.74) is 3.35. The first kappa shape index (κ1) is 13.3. The Morgan fingerprint density at radius 1 is 0.636 bits per heavy atom. The summed E-state index contributed by atoms with van der Waals surface area (Å²) in [5.74, 6) is 0. The number of rotatable bonds is 0. The Kier molecular flexibility index (Phi) is 6.55. The lowest BCUT2D eigenvalue weighted by atomic mass is 10.0. The number of hydrogen-bond donors (Lipinski definition) is 0. The van der Waals surface area contributed by atoms with Crippen molar-refractivity contribution in [1.29, 1.82) is 0 Å². The molecule has 0 N–H and O–H groups in total. The second-order valence-corrected chi connectivity index (χ2v) is 5.00. The quantitative estimate of drug-likeness (QED) is 0.456. The van der Waals surface area contributed by atoms with Crippen LogP contribution in [0.1, 0.15) is 55.4 Å². The molecule has 0 nitrogen and oxygen atoms in total. The van der Waals surface area contributed by atoms with Crippen molar-refractivity contribution in [2.75, 3.05) is 0 Å². The summed E-state index contributed by atoms with van der Waals surface area (Å²) in [5, 5.41) is 0. The van der Waals surface area contributed by atoms with E-state index in [2.05, 4.69) is 55.4 Å². The largest absolute Gasteiger partial charge is 0.0778 e. The highest BCUT2D eigenvalue weighted by Gasteiger charge is 1.95. The van der Waals surface area contributed by atoms with Crippen molar-refractivity contribution in [2.45, 2.75) is 55.4 Å². The van der Waals surface area contributed by atoms with Crippen molar-refractivity contribution < 1.29 is 0 Å². The predicted octanol–water partition coefficient (Wildman–Crippen LogP) is 4.42. The van der Waals surface area contributed by atoms with Gasteiger partial charge in [-0.25, -0.2) is 0 Å². The highest BCUT2D eigenvalue weighted by atomic mass is 14.0. The fraction of sp³-hybridized carbons (Fsp3) is 0.818. The molecular formula is C11H24. The lowest BCUT2D eigenvalue weighted by Gasteiger charge is -2.05. The topological polar surface area (TPSA) is 0 Å². The van der Waals surface area contributed by atoms with Gasteiger partial charge >= 0.3 is 0 Å². The van der Waals surface area contributed by atoms with Gasteiger partial charge in [-0.3, -0.25) is 0 Å². The minimum atomic E-state index is 0.500. The molecule has 0 radical (unpaired) electrons. The summed E-state index contributed by atoms with van der Waals surface area (Å²) in [4.78, 5) is 0. The normalized spacial score (nSPS) is 9.82. The van der Waals surface area contributed by atoms with Crippen LogP contribution >= 0.6 is 0 Å². The van der Waals surface area contributed by atoms with E-state index in [0.29, 0.717) is 5.41 Å². The van der Waals surface area contributed by atoms with Gasteiger partial charge in [0.15, 0.2) is 0 Å². The van der Waals surface area contributed by atoms with E-state index >= 15 is 0 Å². The fourth-order valence-electron chi connectivity index (χ4n) is 0. The molecule has 0 heteroatoms. The maximum absolute atomic E-state index is 2.19. The highest BCUT2D eigenvalue weighted by molar-refractivity contribution is 5.02. The summed E-state index contributed by atoms with van der Waals surface area (Å²) in [7, 11) is 0. The van der Waals surface area contributed by atoms with E-state index in [-0.39, 0.29) is 0 Å². The molecule has 0 aliphatic carbocycles. The summed E-state index contributed by atoms with van der Waals surface area (Å²) >= 11 is 0. The average Bonchev–Trinajstić information content (AvgIpc) is 1.59. The predicted molar refractivity (Wildman–Crippen MR) is 54.9 cm³/mol. The van der Waals surface area contributed by atoms with E-state index < -0.39 is 0 Å². The Morgan fingerprint density at radius 2 is 0.727 bits per heavy atom. The van der Waals surface area contributed by atoms with Gasteiger partial charge in [0, 0.05) is 0 Å². The van der Waals surface area contributed by atoms with Crippen LogP contribution in [0.15, 0.2) is 11.1 Å². The van der Waals surface area contributed by atoms with Gasteiger partial charge in [0.25, 0.3) is 0 Å². The van der Waals surface area contributed by atoms with Crippen molar-refractivity contribution >= 4 is 0 Å². The van der Waals surface area contributed by atoms with Gasteiger partial charge in [0.1, 0.15) is 0 Å². The molecule has 0 aliphatic rings. The van der Waals surface area contributed by atoms with Crippen LogP contribution in [0.25, 0.3) is 0 Å². The Bertz CT molecular complexity index is 97.5. The van der Waals surface area contributed by atoms with Crippen LogP contribution in [-0.4, -0.2) is 0 Å². The average molecular weight is 156 g/mol. The molecule has 0 fully saturated rings. The number of hydrogen-bond acceptors (Lipinski definition) is 0. The van der Waals surface area contributed by atoms with Crippen LogP contribution < -0.4 is 0 Å². The van der Waals surface area contributed by atoms with Crippen molar-refractivity contribution in [1.82, 2.24) is 0 Å². The molecule has 0 amide bonds. The Hall–Kier alpha value is -0.260. The van der Waals surface area contributed by atoms with E-state index in [4.69, 9.17) is 0 Å². The fourth-order valence-corrected chi connectivity index (χ4v) is 0. The molecule has 0 saturated carbocycles. The molecule has 0 spiro atoms. The second-order valence-electron chi connectivity index (χ2n) is 5.00. The highest BCUT2D eigenvalue weighted by Crippen LogP contribution is 2.08. The molecule has 0 unspecified atom stereocenters. The van der Waals surface area contributed by atoms with Crippen molar-refractivity contribution in [2.24, 2.45) is 5.41 Å². The summed E-state index contributed by atoms with van der Waals surface area (Å²) in [6, 6.07) is 0. The SMILES string of the molecule is CC(C)(C)C.CC(C)=C(C)C. The van der Waals surface area contributed by atoms with Gasteiger partial charge in [0.05, 0.1) is 0 Å². The lowest BCUT2D eigenvalue weighted by molar-refractivity contribution is 0.469. The van der Waals surface area contributed by atoms with Crippen molar-refractivity contribution in [3.05, 3.63) is 11.1 Å². The van der Waals surface area contributed by atoms with Crippen LogP contribution in [0.4, 0.5) is 0 Å². The molecular weight excluding hydrogens is 132 g/mol. The van der Waals surface area contributed by atoms with E-state index in [1.165, 1.54) is 11.1 Å². The lowest BCUT2D eigenvalue weighted by Crippen LogP contribution is -1.93. The Labute approximate surface area is 72.7 Å². The van der Waals surface area contributed by atoms with Crippen LogP contribution in [0, 0.1) is 5.41 Å². The first-order valence-corrected chi connectivity index (χ1v) is 4.25. The number of allylic oxidation sites excluding steroid dienone is 2. The summed E-state index contributed by atoms with van der Waals surface area (Å²) in [6.45, 7) is 17.2. The smallest absolute Gasteiger partial charge is 0.0411 e.